The second-order valence-corrected chi connectivity index (χ2v) is 5.38. The lowest BCUT2D eigenvalue weighted by Gasteiger charge is -2.36. The topological polar surface area (TPSA) is 26.7 Å². The Balaban J connectivity index is 1.58. The van der Waals surface area contributed by atoms with E-state index in [9.17, 15) is 9.50 Å². The first-order chi connectivity index (χ1) is 10.2. The minimum absolute atomic E-state index is 0.290. The molecule has 1 aliphatic heterocycles. The van der Waals surface area contributed by atoms with Crippen molar-refractivity contribution in [2.24, 2.45) is 0 Å². The average Bonchev–Trinajstić information content (AvgIpc) is 2.52. The number of hydrogen-bond donors (Lipinski definition) is 1. The molecule has 4 heteroatoms. The summed E-state index contributed by atoms with van der Waals surface area (Å²) < 4.78 is 13.4. The van der Waals surface area contributed by atoms with Crippen LogP contribution in [0.25, 0.3) is 0 Å². The molecule has 2 aromatic carbocycles. The third-order valence-electron chi connectivity index (χ3n) is 3.92. The summed E-state index contributed by atoms with van der Waals surface area (Å²) in [5.41, 5.74) is 2.16. The molecule has 0 bridgehead atoms. The molecule has 0 aromatic heterocycles. The lowest BCUT2D eigenvalue weighted by atomic mass is 10.2. The molecule has 3 nitrogen and oxygen atoms in total. The van der Waals surface area contributed by atoms with Crippen LogP contribution in [0.2, 0.25) is 0 Å². The summed E-state index contributed by atoms with van der Waals surface area (Å²) in [4.78, 5) is 4.56. The summed E-state index contributed by atoms with van der Waals surface area (Å²) in [7, 11) is 0. The van der Waals surface area contributed by atoms with Crippen LogP contribution in [0, 0.1) is 5.82 Å². The molecule has 3 rings (SSSR count). The number of nitrogens with zero attached hydrogens (tertiary/aromatic N) is 2. The van der Waals surface area contributed by atoms with Gasteiger partial charge in [-0.1, -0.05) is 30.3 Å². The van der Waals surface area contributed by atoms with Gasteiger partial charge in [-0.15, -0.1) is 0 Å². The van der Waals surface area contributed by atoms with Crippen molar-refractivity contribution in [1.82, 2.24) is 4.90 Å². The zero-order valence-corrected chi connectivity index (χ0v) is 11.9. The smallest absolute Gasteiger partial charge is 0.166 e. The van der Waals surface area contributed by atoms with E-state index >= 15 is 0 Å². The van der Waals surface area contributed by atoms with Gasteiger partial charge in [-0.25, -0.2) is 4.39 Å². The van der Waals surface area contributed by atoms with Crippen molar-refractivity contribution in [3.8, 4) is 5.75 Å². The maximum absolute atomic E-state index is 13.4. The molecular formula is C17H19FN2O. The highest BCUT2D eigenvalue weighted by molar-refractivity contribution is 5.49. The summed E-state index contributed by atoms with van der Waals surface area (Å²) >= 11 is 0. The van der Waals surface area contributed by atoms with Crippen LogP contribution in [0.15, 0.2) is 48.5 Å². The predicted molar refractivity (Wildman–Crippen MR) is 82.0 cm³/mol. The van der Waals surface area contributed by atoms with E-state index in [2.05, 4.69) is 34.1 Å². The SMILES string of the molecule is Oc1ccc(N2CCN(Cc3ccccc3)CC2)cc1F. The highest BCUT2D eigenvalue weighted by Crippen LogP contribution is 2.23. The standard InChI is InChI=1S/C17H19FN2O/c18-16-12-15(6-7-17(16)21)20-10-8-19(9-11-20)13-14-4-2-1-3-5-14/h1-7,12,21H,8-11,13H2. The minimum atomic E-state index is -0.556. The molecule has 0 amide bonds. The molecule has 2 aromatic rings. The summed E-state index contributed by atoms with van der Waals surface area (Å²) in [6.45, 7) is 4.61. The maximum atomic E-state index is 13.4. The van der Waals surface area contributed by atoms with Crippen LogP contribution >= 0.6 is 0 Å². The first-order valence-corrected chi connectivity index (χ1v) is 7.22. The highest BCUT2D eigenvalue weighted by Gasteiger charge is 2.18. The average molecular weight is 286 g/mol. The molecule has 1 N–H and O–H groups in total. The fourth-order valence-electron chi connectivity index (χ4n) is 2.70. The lowest BCUT2D eigenvalue weighted by Crippen LogP contribution is -2.45. The normalized spacial score (nSPS) is 16.1. The number of phenolic OH excluding ortho intramolecular Hbond substituents is 1. The van der Waals surface area contributed by atoms with Crippen LogP contribution < -0.4 is 4.90 Å². The molecule has 0 radical (unpaired) electrons. The van der Waals surface area contributed by atoms with Crippen LogP contribution in [0.3, 0.4) is 0 Å². The second kappa shape index (κ2) is 6.14. The Hall–Kier alpha value is -2.07. The molecule has 1 saturated heterocycles. The van der Waals surface area contributed by atoms with E-state index in [1.807, 2.05) is 6.07 Å². The van der Waals surface area contributed by atoms with Gasteiger partial charge in [0.15, 0.2) is 11.6 Å². The Morgan fingerprint density at radius 2 is 1.67 bits per heavy atom. The Morgan fingerprint density at radius 3 is 2.33 bits per heavy atom. The van der Waals surface area contributed by atoms with Gasteiger partial charge in [0.05, 0.1) is 0 Å². The monoisotopic (exact) mass is 286 g/mol. The van der Waals surface area contributed by atoms with Crippen molar-refractivity contribution in [3.63, 3.8) is 0 Å². The molecule has 1 fully saturated rings. The molecule has 0 saturated carbocycles. The van der Waals surface area contributed by atoms with E-state index in [-0.39, 0.29) is 5.75 Å². The number of rotatable bonds is 3. The summed E-state index contributed by atoms with van der Waals surface area (Å²) in [5.74, 6) is -0.847. The first-order valence-electron chi connectivity index (χ1n) is 7.22. The van der Waals surface area contributed by atoms with Crippen LogP contribution in [-0.2, 0) is 6.54 Å². The summed E-state index contributed by atoms with van der Waals surface area (Å²) in [5, 5.41) is 9.25. The molecule has 0 spiro atoms. The molecule has 110 valence electrons. The molecule has 0 aliphatic carbocycles. The Bertz CT molecular complexity index is 595. The van der Waals surface area contributed by atoms with Crippen LogP contribution in [-0.4, -0.2) is 36.2 Å². The molecular weight excluding hydrogens is 267 g/mol. The number of phenols is 1. The van der Waals surface area contributed by atoms with E-state index < -0.39 is 5.82 Å². The van der Waals surface area contributed by atoms with Crippen LogP contribution in [0.4, 0.5) is 10.1 Å². The zero-order chi connectivity index (χ0) is 14.7. The molecule has 1 heterocycles. The quantitative estimate of drug-likeness (QED) is 0.940. The van der Waals surface area contributed by atoms with Crippen molar-refractivity contribution < 1.29 is 9.50 Å². The van der Waals surface area contributed by atoms with Gasteiger partial charge < -0.3 is 10.0 Å². The number of anilines is 1. The molecule has 0 unspecified atom stereocenters. The van der Waals surface area contributed by atoms with Gasteiger partial charge in [-0.05, 0) is 17.7 Å². The van der Waals surface area contributed by atoms with E-state index in [4.69, 9.17) is 0 Å². The number of aromatic hydroxyl groups is 1. The number of halogens is 1. The third kappa shape index (κ3) is 3.34. The van der Waals surface area contributed by atoms with Crippen molar-refractivity contribution >= 4 is 5.69 Å². The summed E-state index contributed by atoms with van der Waals surface area (Å²) in [6, 6.07) is 15.0. The van der Waals surface area contributed by atoms with Crippen LogP contribution in [0.5, 0.6) is 5.75 Å². The van der Waals surface area contributed by atoms with Gasteiger partial charge >= 0.3 is 0 Å². The van der Waals surface area contributed by atoms with Gasteiger partial charge in [0.25, 0.3) is 0 Å². The first kappa shape index (κ1) is 13.9. The largest absolute Gasteiger partial charge is 0.505 e. The Kier molecular flexibility index (Phi) is 4.06. The van der Waals surface area contributed by atoms with E-state index in [1.54, 1.807) is 6.07 Å². The molecule has 0 atom stereocenters. The van der Waals surface area contributed by atoms with Gasteiger partial charge in [0.1, 0.15) is 0 Å². The van der Waals surface area contributed by atoms with Crippen LogP contribution in [0.1, 0.15) is 5.56 Å². The maximum Gasteiger partial charge on any atom is 0.166 e. The van der Waals surface area contributed by atoms with Gasteiger partial charge in [-0.3, -0.25) is 4.90 Å². The fourth-order valence-corrected chi connectivity index (χ4v) is 2.70. The van der Waals surface area contributed by atoms with Crippen molar-refractivity contribution in [2.75, 3.05) is 31.1 Å². The van der Waals surface area contributed by atoms with Crippen molar-refractivity contribution in [3.05, 3.63) is 59.9 Å². The number of piperazine rings is 1. The fraction of sp³-hybridized carbons (Fsp3) is 0.294. The van der Waals surface area contributed by atoms with Gasteiger partial charge in [0, 0.05) is 44.5 Å². The number of hydrogen-bond acceptors (Lipinski definition) is 3. The zero-order valence-electron chi connectivity index (χ0n) is 11.9. The van der Waals surface area contributed by atoms with Crippen molar-refractivity contribution in [2.45, 2.75) is 6.54 Å². The lowest BCUT2D eigenvalue weighted by molar-refractivity contribution is 0.250. The third-order valence-corrected chi connectivity index (χ3v) is 3.92. The van der Waals surface area contributed by atoms with Gasteiger partial charge in [0.2, 0.25) is 0 Å². The molecule has 21 heavy (non-hydrogen) atoms. The van der Waals surface area contributed by atoms with Gasteiger partial charge in [-0.2, -0.15) is 0 Å². The van der Waals surface area contributed by atoms with E-state index in [0.29, 0.717) is 0 Å². The Labute approximate surface area is 124 Å². The Morgan fingerprint density at radius 1 is 0.952 bits per heavy atom. The van der Waals surface area contributed by atoms with E-state index in [1.165, 1.54) is 17.7 Å². The highest BCUT2D eigenvalue weighted by atomic mass is 19.1. The predicted octanol–water partition coefficient (Wildman–Crippen LogP) is 2.85. The minimum Gasteiger partial charge on any atom is -0.505 e. The second-order valence-electron chi connectivity index (χ2n) is 5.38. The van der Waals surface area contributed by atoms with E-state index in [0.717, 1.165) is 38.4 Å². The summed E-state index contributed by atoms with van der Waals surface area (Å²) in [6.07, 6.45) is 0. The number of benzene rings is 2. The van der Waals surface area contributed by atoms with Crippen molar-refractivity contribution in [1.29, 1.82) is 0 Å². The molecule has 1 aliphatic rings.